The number of aromatic nitrogens is 1. The molecule has 0 unspecified atom stereocenters. The number of H-pyrrole nitrogens is 1. The summed E-state index contributed by atoms with van der Waals surface area (Å²) in [5.74, 6) is -0.0670. The van der Waals surface area contributed by atoms with Gasteiger partial charge in [-0.1, -0.05) is 30.3 Å². The van der Waals surface area contributed by atoms with E-state index in [1.807, 2.05) is 48.5 Å². The Hall–Kier alpha value is -4.19. The Morgan fingerprint density at radius 3 is 2.60 bits per heavy atom. The quantitative estimate of drug-likeness (QED) is 0.428. The van der Waals surface area contributed by atoms with Crippen LogP contribution in [0.15, 0.2) is 66.4 Å². The summed E-state index contributed by atoms with van der Waals surface area (Å²) in [4.78, 5) is 16.3. The van der Waals surface area contributed by atoms with Crippen LogP contribution < -0.4 is 9.47 Å². The summed E-state index contributed by atoms with van der Waals surface area (Å²) in [5, 5.41) is 20.7. The van der Waals surface area contributed by atoms with Gasteiger partial charge in [-0.25, -0.2) is 0 Å². The third-order valence-electron chi connectivity index (χ3n) is 5.12. The van der Waals surface area contributed by atoms with Crippen LogP contribution in [0.3, 0.4) is 0 Å². The van der Waals surface area contributed by atoms with Gasteiger partial charge in [-0.05, 0) is 29.8 Å². The molecule has 0 aliphatic carbocycles. The highest BCUT2D eigenvalue weighted by Crippen LogP contribution is 2.42. The van der Waals surface area contributed by atoms with Gasteiger partial charge in [0.25, 0.3) is 0 Å². The van der Waals surface area contributed by atoms with Crippen LogP contribution in [0.2, 0.25) is 0 Å². The molecule has 0 bridgehead atoms. The van der Waals surface area contributed by atoms with Crippen molar-refractivity contribution in [2.24, 2.45) is 0 Å². The molecule has 0 spiro atoms. The second-order valence-electron chi connectivity index (χ2n) is 6.97. The van der Waals surface area contributed by atoms with E-state index < -0.39 is 5.78 Å². The number of aromatic hydroxyl groups is 2. The third-order valence-corrected chi connectivity index (χ3v) is 5.12. The maximum atomic E-state index is 12.9. The van der Waals surface area contributed by atoms with Crippen LogP contribution in [0, 0.1) is 0 Å². The predicted molar refractivity (Wildman–Crippen MR) is 113 cm³/mol. The lowest BCUT2D eigenvalue weighted by molar-refractivity contribution is 0.101. The second-order valence-corrected chi connectivity index (χ2v) is 6.97. The van der Waals surface area contributed by atoms with Crippen LogP contribution in [0.4, 0.5) is 0 Å². The summed E-state index contributed by atoms with van der Waals surface area (Å²) < 4.78 is 11.1. The molecule has 1 aliphatic heterocycles. The zero-order valence-electron chi connectivity index (χ0n) is 16.0. The minimum absolute atomic E-state index is 0.0396. The number of fused-ring (bicyclic) bond motifs is 2. The fourth-order valence-corrected chi connectivity index (χ4v) is 3.71. The number of aromatic amines is 1. The molecular weight excluding hydrogens is 382 g/mol. The maximum Gasteiger partial charge on any atom is 0.235 e. The van der Waals surface area contributed by atoms with E-state index >= 15 is 0 Å². The van der Waals surface area contributed by atoms with E-state index in [2.05, 4.69) is 4.98 Å². The van der Waals surface area contributed by atoms with E-state index in [-0.39, 0.29) is 28.6 Å². The van der Waals surface area contributed by atoms with Crippen LogP contribution in [0.25, 0.3) is 28.2 Å². The molecule has 0 saturated heterocycles. The van der Waals surface area contributed by atoms with Gasteiger partial charge in [0.2, 0.25) is 5.78 Å². The number of phenols is 2. The van der Waals surface area contributed by atoms with Crippen molar-refractivity contribution in [1.82, 2.24) is 4.98 Å². The number of Topliss-reactive ketones (excluding diaryl/α,β-unsaturated/α-hetero) is 1. The second kappa shape index (κ2) is 6.70. The molecule has 5 rings (SSSR count). The fraction of sp³-hybridized carbons (Fsp3) is 0.0417. The molecule has 2 heterocycles. The number of carbonyl (C=O) groups is 1. The molecule has 0 radical (unpaired) electrons. The average Bonchev–Trinajstić information content (AvgIpc) is 3.26. The van der Waals surface area contributed by atoms with E-state index in [0.717, 1.165) is 33.8 Å². The molecule has 0 saturated carbocycles. The number of rotatable bonds is 3. The van der Waals surface area contributed by atoms with Crippen molar-refractivity contribution in [3.8, 4) is 34.3 Å². The van der Waals surface area contributed by atoms with Gasteiger partial charge in [0.15, 0.2) is 5.76 Å². The van der Waals surface area contributed by atoms with Crippen molar-refractivity contribution in [3.05, 3.63) is 77.5 Å². The van der Waals surface area contributed by atoms with Gasteiger partial charge in [-0.3, -0.25) is 4.79 Å². The lowest BCUT2D eigenvalue weighted by atomic mass is 10.0. The minimum atomic E-state index is -0.446. The molecule has 0 fully saturated rings. The Labute approximate surface area is 171 Å². The lowest BCUT2D eigenvalue weighted by Gasteiger charge is -2.03. The number of methoxy groups -OCH3 is 1. The Bertz CT molecular complexity index is 1330. The average molecular weight is 399 g/mol. The summed E-state index contributed by atoms with van der Waals surface area (Å²) >= 11 is 0. The predicted octanol–water partition coefficient (Wildman–Crippen LogP) is 4.87. The van der Waals surface area contributed by atoms with Crippen molar-refractivity contribution in [2.75, 3.05) is 7.11 Å². The van der Waals surface area contributed by atoms with Crippen molar-refractivity contribution in [2.45, 2.75) is 0 Å². The standard InChI is InChI=1S/C24H17NO5/c1-29-15-7-8-18-16(11-15)17(23(25-18)13-5-3-2-4-6-13)12-21-24(28)22-19(27)9-14(26)10-20(22)30-21/h2-12,25-27H,1H3/b21-12-. The van der Waals surface area contributed by atoms with Crippen molar-refractivity contribution >= 4 is 22.8 Å². The summed E-state index contributed by atoms with van der Waals surface area (Å²) in [6, 6.07) is 17.8. The molecule has 0 atom stereocenters. The smallest absolute Gasteiger partial charge is 0.235 e. The number of phenolic OH excluding ortho intramolecular Hbond substituents is 2. The number of nitrogens with one attached hydrogen (secondary N) is 1. The molecule has 4 aromatic rings. The number of allylic oxidation sites excluding steroid dienone is 1. The van der Waals surface area contributed by atoms with Gasteiger partial charge >= 0.3 is 0 Å². The normalized spacial score (nSPS) is 14.2. The van der Waals surface area contributed by atoms with Gasteiger partial charge in [0.05, 0.1) is 12.8 Å². The summed E-state index contributed by atoms with van der Waals surface area (Å²) in [7, 11) is 1.60. The molecule has 30 heavy (non-hydrogen) atoms. The molecule has 6 heteroatoms. The zero-order chi connectivity index (χ0) is 20.8. The Morgan fingerprint density at radius 2 is 1.83 bits per heavy atom. The minimum Gasteiger partial charge on any atom is -0.508 e. The van der Waals surface area contributed by atoms with Crippen LogP contribution in [0.5, 0.6) is 23.0 Å². The molecule has 1 aliphatic rings. The first-order valence-electron chi connectivity index (χ1n) is 9.30. The molecule has 3 aromatic carbocycles. The van der Waals surface area contributed by atoms with Crippen molar-refractivity contribution in [1.29, 1.82) is 0 Å². The van der Waals surface area contributed by atoms with E-state index in [4.69, 9.17) is 9.47 Å². The summed E-state index contributed by atoms with van der Waals surface area (Å²) in [5.41, 5.74) is 3.45. The molecule has 148 valence electrons. The highest BCUT2D eigenvalue weighted by atomic mass is 16.5. The number of hydrogen-bond acceptors (Lipinski definition) is 5. The molecule has 3 N–H and O–H groups in total. The van der Waals surface area contributed by atoms with Crippen LogP contribution in [0.1, 0.15) is 15.9 Å². The van der Waals surface area contributed by atoms with E-state index in [9.17, 15) is 15.0 Å². The topological polar surface area (TPSA) is 91.8 Å². The van der Waals surface area contributed by atoms with Crippen molar-refractivity contribution in [3.63, 3.8) is 0 Å². The van der Waals surface area contributed by atoms with Crippen LogP contribution in [-0.4, -0.2) is 28.1 Å². The summed E-state index contributed by atoms with van der Waals surface area (Å²) in [6.45, 7) is 0. The number of benzene rings is 3. The van der Waals surface area contributed by atoms with Gasteiger partial charge < -0.3 is 24.7 Å². The van der Waals surface area contributed by atoms with Gasteiger partial charge in [-0.2, -0.15) is 0 Å². The Balaban J connectivity index is 1.72. The monoisotopic (exact) mass is 399 g/mol. The highest BCUT2D eigenvalue weighted by Gasteiger charge is 2.32. The first-order valence-corrected chi connectivity index (χ1v) is 9.30. The molecule has 0 amide bonds. The molecular formula is C24H17NO5. The number of hydrogen-bond donors (Lipinski definition) is 3. The van der Waals surface area contributed by atoms with Gasteiger partial charge in [0, 0.05) is 28.6 Å². The van der Waals surface area contributed by atoms with Crippen molar-refractivity contribution < 1.29 is 24.5 Å². The highest BCUT2D eigenvalue weighted by molar-refractivity contribution is 6.17. The summed E-state index contributed by atoms with van der Waals surface area (Å²) in [6.07, 6.45) is 1.65. The van der Waals surface area contributed by atoms with E-state index in [1.165, 1.54) is 6.07 Å². The lowest BCUT2D eigenvalue weighted by Crippen LogP contribution is -1.98. The maximum absolute atomic E-state index is 12.9. The molecule has 6 nitrogen and oxygen atoms in total. The van der Waals surface area contributed by atoms with Crippen LogP contribution in [-0.2, 0) is 0 Å². The van der Waals surface area contributed by atoms with E-state index in [1.54, 1.807) is 13.2 Å². The van der Waals surface area contributed by atoms with Crippen LogP contribution >= 0.6 is 0 Å². The van der Waals surface area contributed by atoms with Gasteiger partial charge in [0.1, 0.15) is 28.6 Å². The first-order chi connectivity index (χ1) is 14.5. The zero-order valence-corrected chi connectivity index (χ0v) is 16.0. The number of carbonyl (C=O) groups excluding carboxylic acids is 1. The third kappa shape index (κ3) is 2.78. The van der Waals surface area contributed by atoms with Gasteiger partial charge in [-0.15, -0.1) is 0 Å². The first kappa shape index (κ1) is 17.9. The number of ether oxygens (including phenoxy) is 2. The van der Waals surface area contributed by atoms with E-state index in [0.29, 0.717) is 5.75 Å². The molecule has 1 aromatic heterocycles. The number of ketones is 1. The Morgan fingerprint density at radius 1 is 1.03 bits per heavy atom. The Kier molecular flexibility index (Phi) is 3.99. The fourth-order valence-electron chi connectivity index (χ4n) is 3.71. The SMILES string of the molecule is COc1ccc2[nH]c(-c3ccccc3)c(/C=C3\Oc4cc(O)cc(O)c4C3=O)c2c1. The largest absolute Gasteiger partial charge is 0.508 e.